The Morgan fingerprint density at radius 2 is 2.33 bits per heavy atom. The fourth-order valence-corrected chi connectivity index (χ4v) is 3.10. The molecule has 15 heavy (non-hydrogen) atoms. The molecule has 0 aliphatic carbocycles. The van der Waals surface area contributed by atoms with Crippen LogP contribution in [0.4, 0.5) is 5.82 Å². The topological polar surface area (TPSA) is 29.0 Å². The first kappa shape index (κ1) is 11.4. The second-order valence-electron chi connectivity index (χ2n) is 4.04. The van der Waals surface area contributed by atoms with Gasteiger partial charge in [0.2, 0.25) is 0 Å². The number of hydrogen-bond donors (Lipinski definition) is 0. The molecule has 0 amide bonds. The lowest BCUT2D eigenvalue weighted by molar-refractivity contribution is 0.449. The number of halogens is 2. The third kappa shape index (κ3) is 2.72. The van der Waals surface area contributed by atoms with Crippen LogP contribution >= 0.6 is 34.2 Å². The van der Waals surface area contributed by atoms with Crippen LogP contribution in [0.15, 0.2) is 12.5 Å². The van der Waals surface area contributed by atoms with Gasteiger partial charge in [-0.15, -0.1) is 11.6 Å². The molecule has 2 rings (SSSR count). The molecule has 1 aromatic heterocycles. The first-order valence-corrected chi connectivity index (χ1v) is 6.53. The maximum absolute atomic E-state index is 6.22. The quantitative estimate of drug-likeness (QED) is 0.582. The van der Waals surface area contributed by atoms with Crippen LogP contribution in [0.25, 0.3) is 0 Å². The van der Waals surface area contributed by atoms with Crippen LogP contribution in [0.5, 0.6) is 0 Å². The molecule has 0 bridgehead atoms. The van der Waals surface area contributed by atoms with Gasteiger partial charge in [0.15, 0.2) is 0 Å². The number of nitrogens with zero attached hydrogens (tertiary/aromatic N) is 3. The van der Waals surface area contributed by atoms with Crippen molar-refractivity contribution in [3.05, 3.63) is 16.1 Å². The molecule has 0 N–H and O–H groups in total. The van der Waals surface area contributed by atoms with E-state index in [0.717, 1.165) is 28.9 Å². The first-order chi connectivity index (χ1) is 7.16. The van der Waals surface area contributed by atoms with Crippen molar-refractivity contribution in [1.29, 1.82) is 0 Å². The van der Waals surface area contributed by atoms with E-state index in [1.165, 1.54) is 0 Å². The van der Waals surface area contributed by atoms with Gasteiger partial charge < -0.3 is 4.90 Å². The zero-order valence-electron chi connectivity index (χ0n) is 8.53. The Balaban J connectivity index is 2.20. The fraction of sp³-hybridized carbons (Fsp3) is 0.600. The average Bonchev–Trinajstić information content (AvgIpc) is 2.16. The molecule has 1 saturated heterocycles. The lowest BCUT2D eigenvalue weighted by Crippen LogP contribution is -2.41. The minimum absolute atomic E-state index is 0.236. The Kier molecular flexibility index (Phi) is 3.66. The average molecular weight is 338 g/mol. The summed E-state index contributed by atoms with van der Waals surface area (Å²) in [4.78, 5) is 10.6. The van der Waals surface area contributed by atoms with Crippen LogP contribution in [-0.2, 0) is 0 Å². The molecule has 1 aliphatic heterocycles. The van der Waals surface area contributed by atoms with Crippen LogP contribution in [0, 0.1) is 9.49 Å². The van der Waals surface area contributed by atoms with Gasteiger partial charge in [-0.2, -0.15) is 0 Å². The number of piperidine rings is 1. The summed E-state index contributed by atoms with van der Waals surface area (Å²) in [6.45, 7) is 4.16. The molecule has 0 spiro atoms. The van der Waals surface area contributed by atoms with Gasteiger partial charge in [-0.3, -0.25) is 0 Å². The Morgan fingerprint density at radius 1 is 1.53 bits per heavy atom. The maximum Gasteiger partial charge on any atom is 0.145 e. The van der Waals surface area contributed by atoms with E-state index >= 15 is 0 Å². The molecule has 82 valence electrons. The van der Waals surface area contributed by atoms with Gasteiger partial charge in [-0.05, 0) is 34.9 Å². The van der Waals surface area contributed by atoms with Gasteiger partial charge in [0.25, 0.3) is 0 Å². The number of alkyl halides is 1. The third-order valence-electron chi connectivity index (χ3n) is 2.56. The van der Waals surface area contributed by atoms with Gasteiger partial charge in [-0.25, -0.2) is 9.97 Å². The summed E-state index contributed by atoms with van der Waals surface area (Å²) in [6.07, 6.45) is 4.53. The normalized spacial score (nSPS) is 26.7. The summed E-state index contributed by atoms with van der Waals surface area (Å²) < 4.78 is 1.09. The molecule has 2 unspecified atom stereocenters. The summed E-state index contributed by atoms with van der Waals surface area (Å²) in [5.41, 5.74) is 0. The van der Waals surface area contributed by atoms with Crippen molar-refractivity contribution in [1.82, 2.24) is 9.97 Å². The Labute approximate surface area is 108 Å². The lowest BCUT2D eigenvalue weighted by atomic mass is 10.00. The smallest absolute Gasteiger partial charge is 0.145 e. The number of hydrogen-bond acceptors (Lipinski definition) is 3. The van der Waals surface area contributed by atoms with Crippen molar-refractivity contribution in [2.45, 2.75) is 18.7 Å². The zero-order valence-corrected chi connectivity index (χ0v) is 11.4. The van der Waals surface area contributed by atoms with Gasteiger partial charge in [0.1, 0.15) is 12.1 Å². The van der Waals surface area contributed by atoms with E-state index in [1.54, 1.807) is 6.33 Å². The predicted octanol–water partition coefficient (Wildman–Crippen LogP) is 2.53. The van der Waals surface area contributed by atoms with Gasteiger partial charge in [0, 0.05) is 19.3 Å². The van der Waals surface area contributed by atoms with Crippen LogP contribution in [0.1, 0.15) is 13.3 Å². The van der Waals surface area contributed by atoms with Gasteiger partial charge in [0.05, 0.1) is 8.95 Å². The van der Waals surface area contributed by atoms with Crippen LogP contribution in [-0.4, -0.2) is 28.4 Å². The Hall–Kier alpha value is -0.100. The van der Waals surface area contributed by atoms with Crippen molar-refractivity contribution in [2.75, 3.05) is 18.0 Å². The fourth-order valence-electron chi connectivity index (χ4n) is 1.99. The van der Waals surface area contributed by atoms with Crippen LogP contribution in [0.3, 0.4) is 0 Å². The van der Waals surface area contributed by atoms with Crippen LogP contribution in [0.2, 0.25) is 0 Å². The molecular formula is C10H13ClIN3. The summed E-state index contributed by atoms with van der Waals surface area (Å²) >= 11 is 8.49. The van der Waals surface area contributed by atoms with E-state index in [-0.39, 0.29) is 5.38 Å². The standard InChI is InChI=1S/C10H13ClIN3/c1-7-2-8(11)5-15(4-7)10-9(12)3-13-6-14-10/h3,6-8H,2,4-5H2,1H3. The van der Waals surface area contributed by atoms with E-state index in [0.29, 0.717) is 5.92 Å². The Morgan fingerprint density at radius 3 is 3.00 bits per heavy atom. The number of aromatic nitrogens is 2. The van der Waals surface area contributed by atoms with Crippen molar-refractivity contribution < 1.29 is 0 Å². The largest absolute Gasteiger partial charge is 0.354 e. The summed E-state index contributed by atoms with van der Waals surface area (Å²) in [5, 5.41) is 0.236. The molecule has 1 fully saturated rings. The molecule has 2 heterocycles. The molecule has 1 aliphatic rings. The molecular weight excluding hydrogens is 324 g/mol. The molecule has 2 atom stereocenters. The highest BCUT2D eigenvalue weighted by molar-refractivity contribution is 14.1. The van der Waals surface area contributed by atoms with Crippen molar-refractivity contribution in [3.8, 4) is 0 Å². The molecule has 5 heteroatoms. The van der Waals surface area contributed by atoms with E-state index in [1.807, 2.05) is 6.20 Å². The Bertz CT molecular complexity index is 337. The van der Waals surface area contributed by atoms with E-state index in [9.17, 15) is 0 Å². The van der Waals surface area contributed by atoms with Gasteiger partial charge in [-0.1, -0.05) is 6.92 Å². The van der Waals surface area contributed by atoms with Gasteiger partial charge >= 0.3 is 0 Å². The molecule has 1 aromatic rings. The minimum Gasteiger partial charge on any atom is -0.354 e. The molecule has 0 aromatic carbocycles. The highest BCUT2D eigenvalue weighted by Crippen LogP contribution is 2.26. The molecule has 0 saturated carbocycles. The van der Waals surface area contributed by atoms with Crippen molar-refractivity contribution >= 4 is 40.0 Å². The summed E-state index contributed by atoms with van der Waals surface area (Å²) in [6, 6.07) is 0. The van der Waals surface area contributed by atoms with E-state index in [2.05, 4.69) is 44.4 Å². The second-order valence-corrected chi connectivity index (χ2v) is 5.82. The molecule has 3 nitrogen and oxygen atoms in total. The summed E-state index contributed by atoms with van der Waals surface area (Å²) in [7, 11) is 0. The predicted molar refractivity (Wildman–Crippen MR) is 70.4 cm³/mol. The number of anilines is 1. The first-order valence-electron chi connectivity index (χ1n) is 5.01. The number of rotatable bonds is 1. The van der Waals surface area contributed by atoms with E-state index < -0.39 is 0 Å². The maximum atomic E-state index is 6.22. The van der Waals surface area contributed by atoms with Crippen molar-refractivity contribution in [3.63, 3.8) is 0 Å². The van der Waals surface area contributed by atoms with Crippen LogP contribution < -0.4 is 4.90 Å². The molecule has 0 radical (unpaired) electrons. The highest BCUT2D eigenvalue weighted by Gasteiger charge is 2.25. The van der Waals surface area contributed by atoms with E-state index in [4.69, 9.17) is 11.6 Å². The second kappa shape index (κ2) is 4.82. The third-order valence-corrected chi connectivity index (χ3v) is 3.63. The van der Waals surface area contributed by atoms with Crippen molar-refractivity contribution in [2.24, 2.45) is 5.92 Å². The minimum atomic E-state index is 0.236. The monoisotopic (exact) mass is 337 g/mol. The lowest BCUT2D eigenvalue weighted by Gasteiger charge is -2.35. The SMILES string of the molecule is CC1CC(Cl)CN(c2ncncc2I)C1. The summed E-state index contributed by atoms with van der Waals surface area (Å²) in [5.74, 6) is 1.65. The zero-order chi connectivity index (χ0) is 10.8. The highest BCUT2D eigenvalue weighted by atomic mass is 127.